The Balaban J connectivity index is 2.13. The van der Waals surface area contributed by atoms with E-state index in [1.165, 1.54) is 15.7 Å². The highest BCUT2D eigenvalue weighted by Gasteiger charge is 2.03. The molecule has 0 aliphatic heterocycles. The maximum Gasteiger partial charge on any atom is 0.0769 e. The van der Waals surface area contributed by atoms with Crippen LogP contribution in [-0.4, -0.2) is 22.8 Å². The average molecular weight is 253 g/mol. The molecule has 84 valence electrons. The first-order valence-electron chi connectivity index (χ1n) is 5.15. The molecule has 0 spiro atoms. The second-order valence-electron chi connectivity index (χ2n) is 3.63. The van der Waals surface area contributed by atoms with Gasteiger partial charge in [0.05, 0.1) is 6.10 Å². The molecule has 1 N–H and O–H groups in total. The molecule has 0 saturated carbocycles. The normalized spacial score (nSPS) is 12.9. The minimum Gasteiger partial charge on any atom is -0.391 e. The van der Waals surface area contributed by atoms with E-state index in [0.717, 1.165) is 0 Å². The van der Waals surface area contributed by atoms with Gasteiger partial charge in [-0.2, -0.15) is 0 Å². The number of hydrogen-bond donors (Lipinski definition) is 1. The molecular weight excluding hydrogens is 240 g/mol. The molecule has 3 heteroatoms. The lowest BCUT2D eigenvalue weighted by molar-refractivity contribution is 0.223. The zero-order valence-corrected chi connectivity index (χ0v) is 10.3. The van der Waals surface area contributed by atoms with Crippen LogP contribution in [0.1, 0.15) is 0 Å². The van der Waals surface area contributed by atoms with Gasteiger partial charge in [0.1, 0.15) is 0 Å². The number of benzene rings is 2. The molecule has 0 aliphatic rings. The molecule has 0 heterocycles. The van der Waals surface area contributed by atoms with Gasteiger partial charge in [-0.25, -0.2) is 0 Å². The van der Waals surface area contributed by atoms with E-state index in [2.05, 4.69) is 30.3 Å². The van der Waals surface area contributed by atoms with Gasteiger partial charge in [0.15, 0.2) is 0 Å². The predicted octanol–water partition coefficient (Wildman–Crippen LogP) is 3.53. The van der Waals surface area contributed by atoms with Crippen molar-refractivity contribution in [3.63, 3.8) is 0 Å². The highest BCUT2D eigenvalue weighted by Crippen LogP contribution is 2.24. The van der Waals surface area contributed by atoms with E-state index < -0.39 is 6.10 Å². The molecule has 0 saturated heterocycles. The molecule has 0 fully saturated rings. The SMILES string of the molecule is OC(CCl)CSc1ccc2ccccc2c1. The third kappa shape index (κ3) is 2.91. The summed E-state index contributed by atoms with van der Waals surface area (Å²) in [5, 5.41) is 11.8. The summed E-state index contributed by atoms with van der Waals surface area (Å²) in [5.41, 5.74) is 0. The molecule has 2 aromatic rings. The lowest BCUT2D eigenvalue weighted by Gasteiger charge is -2.07. The van der Waals surface area contributed by atoms with Crippen molar-refractivity contribution in [1.82, 2.24) is 0 Å². The maximum absolute atomic E-state index is 9.38. The standard InChI is InChI=1S/C13H13ClOS/c14-8-12(15)9-16-13-6-5-10-3-1-2-4-11(10)7-13/h1-7,12,15H,8-9H2. The van der Waals surface area contributed by atoms with Crippen LogP contribution in [0.5, 0.6) is 0 Å². The van der Waals surface area contributed by atoms with Crippen LogP contribution < -0.4 is 0 Å². The van der Waals surface area contributed by atoms with E-state index in [4.69, 9.17) is 11.6 Å². The summed E-state index contributed by atoms with van der Waals surface area (Å²) in [5.74, 6) is 0.933. The zero-order valence-electron chi connectivity index (χ0n) is 8.77. The van der Waals surface area contributed by atoms with E-state index in [0.29, 0.717) is 11.6 Å². The van der Waals surface area contributed by atoms with Crippen molar-refractivity contribution in [3.8, 4) is 0 Å². The van der Waals surface area contributed by atoms with Crippen LogP contribution in [0.4, 0.5) is 0 Å². The minimum atomic E-state index is -0.432. The van der Waals surface area contributed by atoms with Crippen molar-refractivity contribution in [2.45, 2.75) is 11.0 Å². The topological polar surface area (TPSA) is 20.2 Å². The Kier molecular flexibility index (Phi) is 4.10. The Labute approximate surface area is 104 Å². The van der Waals surface area contributed by atoms with Crippen molar-refractivity contribution < 1.29 is 5.11 Å². The van der Waals surface area contributed by atoms with Gasteiger partial charge in [-0.1, -0.05) is 30.3 Å². The fraction of sp³-hybridized carbons (Fsp3) is 0.231. The van der Waals surface area contributed by atoms with Gasteiger partial charge >= 0.3 is 0 Å². The Morgan fingerprint density at radius 3 is 2.62 bits per heavy atom. The van der Waals surface area contributed by atoms with Crippen LogP contribution in [0.2, 0.25) is 0 Å². The molecule has 0 radical (unpaired) electrons. The molecule has 0 bridgehead atoms. The first-order chi connectivity index (χ1) is 7.79. The van der Waals surface area contributed by atoms with E-state index in [9.17, 15) is 5.11 Å². The first-order valence-corrected chi connectivity index (χ1v) is 6.67. The summed E-state index contributed by atoms with van der Waals surface area (Å²) in [6, 6.07) is 14.6. The quantitative estimate of drug-likeness (QED) is 0.664. The Hall–Kier alpha value is -0.700. The summed E-state index contributed by atoms with van der Waals surface area (Å²) in [6.45, 7) is 0. The molecule has 1 nitrogen and oxygen atoms in total. The van der Waals surface area contributed by atoms with Crippen molar-refractivity contribution in [3.05, 3.63) is 42.5 Å². The second kappa shape index (κ2) is 5.58. The molecule has 16 heavy (non-hydrogen) atoms. The van der Waals surface area contributed by atoms with E-state index in [1.54, 1.807) is 11.8 Å². The van der Waals surface area contributed by atoms with Gasteiger partial charge in [-0.15, -0.1) is 23.4 Å². The number of aliphatic hydroxyl groups excluding tert-OH is 1. The molecule has 1 atom stereocenters. The summed E-state index contributed by atoms with van der Waals surface area (Å²) in [4.78, 5) is 1.17. The fourth-order valence-corrected chi connectivity index (χ4v) is 2.61. The maximum atomic E-state index is 9.38. The predicted molar refractivity (Wildman–Crippen MR) is 71.4 cm³/mol. The van der Waals surface area contributed by atoms with Crippen molar-refractivity contribution in [2.75, 3.05) is 11.6 Å². The molecule has 0 amide bonds. The van der Waals surface area contributed by atoms with Crippen molar-refractivity contribution in [2.24, 2.45) is 0 Å². The molecule has 1 unspecified atom stereocenters. The van der Waals surface area contributed by atoms with Crippen LogP contribution in [0, 0.1) is 0 Å². The highest BCUT2D eigenvalue weighted by atomic mass is 35.5. The smallest absolute Gasteiger partial charge is 0.0769 e. The van der Waals surface area contributed by atoms with Crippen LogP contribution in [0.15, 0.2) is 47.4 Å². The summed E-state index contributed by atoms with van der Waals surface area (Å²) in [7, 11) is 0. The van der Waals surface area contributed by atoms with E-state index in [1.807, 2.05) is 12.1 Å². The monoisotopic (exact) mass is 252 g/mol. The number of fused-ring (bicyclic) bond motifs is 1. The molecule has 0 aliphatic carbocycles. The number of hydrogen-bond acceptors (Lipinski definition) is 2. The fourth-order valence-electron chi connectivity index (χ4n) is 1.49. The molecule has 2 rings (SSSR count). The number of thioether (sulfide) groups is 1. The number of halogens is 1. The minimum absolute atomic E-state index is 0.292. The third-order valence-electron chi connectivity index (χ3n) is 2.34. The zero-order chi connectivity index (χ0) is 11.4. The van der Waals surface area contributed by atoms with Crippen molar-refractivity contribution >= 4 is 34.1 Å². The third-order valence-corrected chi connectivity index (χ3v) is 3.84. The number of aliphatic hydroxyl groups is 1. The Morgan fingerprint density at radius 1 is 1.12 bits per heavy atom. The van der Waals surface area contributed by atoms with Crippen LogP contribution in [0.3, 0.4) is 0 Å². The van der Waals surface area contributed by atoms with Crippen LogP contribution >= 0.6 is 23.4 Å². The molecular formula is C13H13ClOS. The lowest BCUT2D eigenvalue weighted by atomic mass is 10.1. The highest BCUT2D eigenvalue weighted by molar-refractivity contribution is 7.99. The van der Waals surface area contributed by atoms with Crippen LogP contribution in [-0.2, 0) is 0 Å². The van der Waals surface area contributed by atoms with Gasteiger partial charge in [0, 0.05) is 16.5 Å². The van der Waals surface area contributed by atoms with Gasteiger partial charge in [0.25, 0.3) is 0 Å². The van der Waals surface area contributed by atoms with Crippen LogP contribution in [0.25, 0.3) is 10.8 Å². The van der Waals surface area contributed by atoms with E-state index in [-0.39, 0.29) is 0 Å². The van der Waals surface area contributed by atoms with E-state index >= 15 is 0 Å². The number of alkyl halides is 1. The summed E-state index contributed by atoms with van der Waals surface area (Å²) in [6.07, 6.45) is -0.432. The van der Waals surface area contributed by atoms with Gasteiger partial charge in [-0.3, -0.25) is 0 Å². The second-order valence-corrected chi connectivity index (χ2v) is 5.03. The largest absolute Gasteiger partial charge is 0.391 e. The Morgan fingerprint density at radius 2 is 1.88 bits per heavy atom. The summed E-state index contributed by atoms with van der Waals surface area (Å²) >= 11 is 7.18. The molecule has 2 aromatic carbocycles. The average Bonchev–Trinajstić information content (AvgIpc) is 2.35. The van der Waals surface area contributed by atoms with Gasteiger partial charge < -0.3 is 5.11 Å². The van der Waals surface area contributed by atoms with Gasteiger partial charge in [0.2, 0.25) is 0 Å². The number of rotatable bonds is 4. The van der Waals surface area contributed by atoms with Gasteiger partial charge in [-0.05, 0) is 22.9 Å². The van der Waals surface area contributed by atoms with Crippen molar-refractivity contribution in [1.29, 1.82) is 0 Å². The Bertz CT molecular complexity index is 472. The molecule has 0 aromatic heterocycles. The summed E-state index contributed by atoms with van der Waals surface area (Å²) < 4.78 is 0. The lowest BCUT2D eigenvalue weighted by Crippen LogP contribution is -2.10. The first kappa shape index (κ1) is 11.8.